The van der Waals surface area contributed by atoms with Crippen LogP contribution in [-0.2, 0) is 13.7 Å². The molecule has 7 heteroatoms. The van der Waals surface area contributed by atoms with Gasteiger partial charge in [0.2, 0.25) is 0 Å². The van der Waals surface area contributed by atoms with Gasteiger partial charge in [-0.1, -0.05) is 5.21 Å². The third-order valence-corrected chi connectivity index (χ3v) is 2.29. The predicted molar refractivity (Wildman–Crippen MR) is 64.7 cm³/mol. The van der Waals surface area contributed by atoms with E-state index < -0.39 is 5.91 Å². The molecule has 0 atom stereocenters. The van der Waals surface area contributed by atoms with Crippen LogP contribution in [0.15, 0.2) is 24.4 Å². The highest BCUT2D eigenvalue weighted by atomic mass is 16.5. The Morgan fingerprint density at radius 1 is 1.50 bits per heavy atom. The quantitative estimate of drug-likeness (QED) is 0.743. The Morgan fingerprint density at radius 2 is 2.28 bits per heavy atom. The molecule has 4 N–H and O–H groups in total. The molecule has 0 unspecified atom stereocenters. The molecule has 1 heterocycles. The molecule has 0 radical (unpaired) electrons. The van der Waals surface area contributed by atoms with Gasteiger partial charge in [0, 0.05) is 12.7 Å². The van der Waals surface area contributed by atoms with E-state index in [0.717, 1.165) is 0 Å². The van der Waals surface area contributed by atoms with Crippen molar-refractivity contribution in [3.63, 3.8) is 0 Å². The molecule has 1 aromatic heterocycles. The third-order valence-electron chi connectivity index (χ3n) is 2.29. The molecule has 1 amide bonds. The van der Waals surface area contributed by atoms with Gasteiger partial charge in [-0.2, -0.15) is 0 Å². The number of carbonyl (C=O) groups excluding carboxylic acids is 1. The summed E-state index contributed by atoms with van der Waals surface area (Å²) in [5.74, 6) is -0.209. The van der Waals surface area contributed by atoms with E-state index in [1.807, 2.05) is 0 Å². The molecule has 2 rings (SSSR count). The van der Waals surface area contributed by atoms with Crippen molar-refractivity contribution in [1.82, 2.24) is 15.0 Å². The van der Waals surface area contributed by atoms with Crippen molar-refractivity contribution in [1.29, 1.82) is 0 Å². The molecule has 0 saturated heterocycles. The van der Waals surface area contributed by atoms with Crippen molar-refractivity contribution in [3.05, 3.63) is 35.7 Å². The molecule has 0 bridgehead atoms. The van der Waals surface area contributed by atoms with E-state index in [1.165, 1.54) is 6.07 Å². The largest absolute Gasteiger partial charge is 0.486 e. The van der Waals surface area contributed by atoms with Crippen LogP contribution in [0, 0.1) is 0 Å². The topological polar surface area (TPSA) is 109 Å². The van der Waals surface area contributed by atoms with E-state index >= 15 is 0 Å². The van der Waals surface area contributed by atoms with Crippen LogP contribution in [0.4, 0.5) is 5.69 Å². The lowest BCUT2D eigenvalue weighted by Gasteiger charge is -2.08. The number of hydrogen-bond acceptors (Lipinski definition) is 5. The zero-order chi connectivity index (χ0) is 13.1. The van der Waals surface area contributed by atoms with Gasteiger partial charge in [0.25, 0.3) is 5.91 Å². The summed E-state index contributed by atoms with van der Waals surface area (Å²) in [5, 5.41) is 7.65. The molecular formula is C11H13N5O2. The van der Waals surface area contributed by atoms with Gasteiger partial charge >= 0.3 is 0 Å². The van der Waals surface area contributed by atoms with E-state index in [4.69, 9.17) is 16.2 Å². The number of amides is 1. The number of primary amides is 1. The first-order chi connectivity index (χ1) is 8.56. The monoisotopic (exact) mass is 247 g/mol. The molecule has 0 aliphatic heterocycles. The Hall–Kier alpha value is -2.57. The number of nitrogen functional groups attached to an aromatic ring is 1. The minimum atomic E-state index is -0.587. The SMILES string of the molecule is Cn1cc(COc2ccc(N)cc2C(N)=O)nn1. The lowest BCUT2D eigenvalue weighted by Crippen LogP contribution is -2.13. The number of benzene rings is 1. The molecule has 94 valence electrons. The summed E-state index contributed by atoms with van der Waals surface area (Å²) in [5.41, 5.74) is 12.2. The first-order valence-corrected chi connectivity index (χ1v) is 5.23. The smallest absolute Gasteiger partial charge is 0.252 e. The summed E-state index contributed by atoms with van der Waals surface area (Å²) in [6.45, 7) is 0.206. The van der Waals surface area contributed by atoms with Gasteiger partial charge < -0.3 is 16.2 Å². The van der Waals surface area contributed by atoms with Crippen LogP contribution < -0.4 is 16.2 Å². The molecule has 1 aromatic carbocycles. The Balaban J connectivity index is 2.16. The fourth-order valence-electron chi connectivity index (χ4n) is 1.48. The van der Waals surface area contributed by atoms with Crippen LogP contribution in [0.2, 0.25) is 0 Å². The molecule has 18 heavy (non-hydrogen) atoms. The van der Waals surface area contributed by atoms with Gasteiger partial charge in [-0.15, -0.1) is 5.10 Å². The summed E-state index contributed by atoms with van der Waals surface area (Å²) in [6, 6.07) is 4.72. The van der Waals surface area contributed by atoms with Crippen LogP contribution in [0.1, 0.15) is 16.1 Å². The van der Waals surface area contributed by atoms with Crippen LogP contribution in [0.3, 0.4) is 0 Å². The minimum Gasteiger partial charge on any atom is -0.486 e. The van der Waals surface area contributed by atoms with Gasteiger partial charge in [0.15, 0.2) is 0 Å². The van der Waals surface area contributed by atoms with Gasteiger partial charge in [0.05, 0.1) is 11.8 Å². The van der Waals surface area contributed by atoms with E-state index in [2.05, 4.69) is 10.3 Å². The van der Waals surface area contributed by atoms with Crippen molar-refractivity contribution in [3.8, 4) is 5.75 Å². The lowest BCUT2D eigenvalue weighted by atomic mass is 10.1. The van der Waals surface area contributed by atoms with Crippen LogP contribution >= 0.6 is 0 Å². The second-order valence-electron chi connectivity index (χ2n) is 3.79. The summed E-state index contributed by atoms with van der Waals surface area (Å²) in [4.78, 5) is 11.2. The van der Waals surface area contributed by atoms with Gasteiger partial charge in [0.1, 0.15) is 18.1 Å². The molecule has 0 aliphatic rings. The molecule has 0 fully saturated rings. The van der Waals surface area contributed by atoms with Crippen LogP contribution in [0.5, 0.6) is 5.75 Å². The Kier molecular flexibility index (Phi) is 3.13. The van der Waals surface area contributed by atoms with Gasteiger partial charge in [-0.3, -0.25) is 9.48 Å². The maximum Gasteiger partial charge on any atom is 0.252 e. The number of nitrogens with zero attached hydrogens (tertiary/aromatic N) is 3. The average Bonchev–Trinajstić information content (AvgIpc) is 2.73. The Labute approximate surface area is 103 Å². The van der Waals surface area contributed by atoms with Crippen molar-refractivity contribution in [2.75, 3.05) is 5.73 Å². The number of carbonyl (C=O) groups is 1. The highest BCUT2D eigenvalue weighted by molar-refractivity contribution is 5.96. The second-order valence-corrected chi connectivity index (χ2v) is 3.79. The van der Waals surface area contributed by atoms with E-state index in [1.54, 1.807) is 30.1 Å². The Bertz CT molecular complexity index is 579. The first kappa shape index (κ1) is 11.9. The predicted octanol–water partition coefficient (Wildman–Crippen LogP) is 0.0752. The van der Waals surface area contributed by atoms with E-state index in [9.17, 15) is 4.79 Å². The average molecular weight is 247 g/mol. The fourth-order valence-corrected chi connectivity index (χ4v) is 1.48. The summed E-state index contributed by atoms with van der Waals surface area (Å²) in [7, 11) is 1.76. The number of nitrogens with two attached hydrogens (primary N) is 2. The second kappa shape index (κ2) is 4.74. The summed E-state index contributed by atoms with van der Waals surface area (Å²) >= 11 is 0. The molecule has 7 nitrogen and oxygen atoms in total. The normalized spacial score (nSPS) is 10.3. The maximum atomic E-state index is 11.2. The molecule has 0 saturated carbocycles. The van der Waals surface area contributed by atoms with Gasteiger partial charge in [-0.25, -0.2) is 0 Å². The lowest BCUT2D eigenvalue weighted by molar-refractivity contribution is 0.0996. The van der Waals surface area contributed by atoms with Crippen molar-refractivity contribution in [2.45, 2.75) is 6.61 Å². The molecular weight excluding hydrogens is 234 g/mol. The van der Waals surface area contributed by atoms with Crippen molar-refractivity contribution < 1.29 is 9.53 Å². The first-order valence-electron chi connectivity index (χ1n) is 5.23. The minimum absolute atomic E-state index is 0.206. The Morgan fingerprint density at radius 3 is 2.89 bits per heavy atom. The number of rotatable bonds is 4. The number of anilines is 1. The zero-order valence-corrected chi connectivity index (χ0v) is 9.83. The number of aryl methyl sites for hydroxylation is 1. The maximum absolute atomic E-state index is 11.2. The molecule has 2 aromatic rings. The van der Waals surface area contributed by atoms with E-state index in [0.29, 0.717) is 17.1 Å². The zero-order valence-electron chi connectivity index (χ0n) is 9.83. The molecule has 0 aliphatic carbocycles. The molecule has 0 spiro atoms. The van der Waals surface area contributed by atoms with Crippen molar-refractivity contribution in [2.24, 2.45) is 12.8 Å². The number of hydrogen-bond donors (Lipinski definition) is 2. The number of ether oxygens (including phenoxy) is 1. The highest BCUT2D eigenvalue weighted by Gasteiger charge is 2.10. The summed E-state index contributed by atoms with van der Waals surface area (Å²) in [6.07, 6.45) is 1.72. The van der Waals surface area contributed by atoms with Crippen LogP contribution in [0.25, 0.3) is 0 Å². The number of aromatic nitrogens is 3. The van der Waals surface area contributed by atoms with Crippen LogP contribution in [-0.4, -0.2) is 20.9 Å². The fraction of sp³-hybridized carbons (Fsp3) is 0.182. The van der Waals surface area contributed by atoms with Gasteiger partial charge in [-0.05, 0) is 18.2 Å². The third kappa shape index (κ3) is 2.57. The standard InChI is InChI=1S/C11H13N5O2/c1-16-5-8(14-15-16)6-18-10-3-2-7(12)4-9(10)11(13)17/h2-5H,6,12H2,1H3,(H2,13,17). The van der Waals surface area contributed by atoms with E-state index in [-0.39, 0.29) is 12.2 Å². The highest BCUT2D eigenvalue weighted by Crippen LogP contribution is 2.21. The van der Waals surface area contributed by atoms with Crippen molar-refractivity contribution >= 4 is 11.6 Å². The summed E-state index contributed by atoms with van der Waals surface area (Å²) < 4.78 is 7.05.